The monoisotopic (exact) mass is 359 g/mol. The lowest BCUT2D eigenvalue weighted by Gasteiger charge is -2.19. The second-order valence-corrected chi connectivity index (χ2v) is 7.14. The second kappa shape index (κ2) is 7.68. The van der Waals surface area contributed by atoms with Gasteiger partial charge in [0.1, 0.15) is 17.3 Å². The van der Waals surface area contributed by atoms with E-state index in [4.69, 9.17) is 18.9 Å². The van der Waals surface area contributed by atoms with Crippen molar-refractivity contribution < 1.29 is 13.9 Å². The number of nitrogens with zero attached hydrogens (tertiary/aromatic N) is 3. The number of oxazole rings is 1. The summed E-state index contributed by atoms with van der Waals surface area (Å²) in [5, 5.41) is 0. The summed E-state index contributed by atoms with van der Waals surface area (Å²) in [5.41, 5.74) is 2.79. The molecule has 6 nitrogen and oxygen atoms in total. The van der Waals surface area contributed by atoms with E-state index in [1.807, 2.05) is 26.0 Å². The predicted molar refractivity (Wildman–Crippen MR) is 102 cm³/mol. The van der Waals surface area contributed by atoms with Crippen LogP contribution in [0.5, 0.6) is 11.5 Å². The summed E-state index contributed by atoms with van der Waals surface area (Å²) >= 11 is 0. The quantitative estimate of drug-likeness (QED) is 0.790. The molecule has 1 unspecified atom stereocenters. The summed E-state index contributed by atoms with van der Waals surface area (Å²) in [4.78, 5) is 9.51. The molecule has 1 aromatic carbocycles. The van der Waals surface area contributed by atoms with Gasteiger partial charge in [0.2, 0.25) is 5.89 Å². The Morgan fingerprint density at radius 2 is 2.00 bits per heavy atom. The molecular formula is C20H29N3O3. The van der Waals surface area contributed by atoms with Crippen LogP contribution in [0.3, 0.4) is 0 Å². The maximum atomic E-state index is 5.99. The number of aromatic nitrogens is 1. The van der Waals surface area contributed by atoms with E-state index in [2.05, 4.69) is 23.9 Å². The smallest absolute Gasteiger partial charge is 0.230 e. The van der Waals surface area contributed by atoms with E-state index in [9.17, 15) is 0 Å². The molecule has 1 fully saturated rings. The molecule has 1 saturated heterocycles. The van der Waals surface area contributed by atoms with Gasteiger partial charge in [0, 0.05) is 31.2 Å². The van der Waals surface area contributed by atoms with Crippen LogP contribution in [-0.2, 0) is 6.54 Å². The van der Waals surface area contributed by atoms with Gasteiger partial charge in [-0.2, -0.15) is 0 Å². The minimum atomic E-state index is 0.600. The van der Waals surface area contributed by atoms with E-state index in [-0.39, 0.29) is 0 Å². The molecule has 0 radical (unpaired) electrons. The van der Waals surface area contributed by atoms with Crippen molar-refractivity contribution in [1.29, 1.82) is 0 Å². The van der Waals surface area contributed by atoms with Crippen LogP contribution in [0.15, 0.2) is 16.5 Å². The molecule has 2 aromatic rings. The molecule has 0 bridgehead atoms. The average Bonchev–Trinajstić information content (AvgIpc) is 3.22. The fourth-order valence-electron chi connectivity index (χ4n) is 3.61. The topological polar surface area (TPSA) is 51.0 Å². The Kier molecular flexibility index (Phi) is 5.53. The SMILES string of the molecule is COc1ccc(-c2nc(CN3CCC(N(C)C)C3)c(C)o2)c(OC)c1C. The zero-order valence-electron chi connectivity index (χ0n) is 16.6. The number of likely N-dealkylation sites (N-methyl/N-ethyl adjacent to an activating group) is 1. The molecule has 1 aromatic heterocycles. The summed E-state index contributed by atoms with van der Waals surface area (Å²) in [7, 11) is 7.61. The van der Waals surface area contributed by atoms with Gasteiger partial charge >= 0.3 is 0 Å². The van der Waals surface area contributed by atoms with E-state index < -0.39 is 0 Å². The number of ether oxygens (including phenoxy) is 2. The second-order valence-electron chi connectivity index (χ2n) is 7.14. The predicted octanol–water partition coefficient (Wildman–Crippen LogP) is 3.11. The van der Waals surface area contributed by atoms with Gasteiger partial charge < -0.3 is 18.8 Å². The van der Waals surface area contributed by atoms with Gasteiger partial charge in [-0.1, -0.05) is 0 Å². The molecule has 1 atom stereocenters. The number of hydrogen-bond donors (Lipinski definition) is 0. The molecule has 3 rings (SSSR count). The Hall–Kier alpha value is -2.05. The van der Waals surface area contributed by atoms with E-state index in [0.717, 1.165) is 53.7 Å². The van der Waals surface area contributed by atoms with Crippen LogP contribution >= 0.6 is 0 Å². The molecule has 0 saturated carbocycles. The van der Waals surface area contributed by atoms with Crippen LogP contribution in [-0.4, -0.2) is 62.2 Å². The zero-order chi connectivity index (χ0) is 18.8. The highest BCUT2D eigenvalue weighted by molar-refractivity contribution is 5.68. The van der Waals surface area contributed by atoms with E-state index in [0.29, 0.717) is 11.9 Å². The van der Waals surface area contributed by atoms with Crippen LogP contribution in [0.25, 0.3) is 11.5 Å². The third-order valence-electron chi connectivity index (χ3n) is 5.25. The molecule has 142 valence electrons. The maximum Gasteiger partial charge on any atom is 0.230 e. The minimum Gasteiger partial charge on any atom is -0.496 e. The zero-order valence-corrected chi connectivity index (χ0v) is 16.6. The highest BCUT2D eigenvalue weighted by Crippen LogP contribution is 2.38. The molecule has 0 spiro atoms. The first-order valence-corrected chi connectivity index (χ1v) is 9.01. The van der Waals surface area contributed by atoms with Crippen molar-refractivity contribution in [3.05, 3.63) is 29.2 Å². The molecule has 2 heterocycles. The third-order valence-corrected chi connectivity index (χ3v) is 5.25. The van der Waals surface area contributed by atoms with Crippen LogP contribution < -0.4 is 9.47 Å². The number of methoxy groups -OCH3 is 2. The summed E-state index contributed by atoms with van der Waals surface area (Å²) in [6.45, 7) is 6.93. The van der Waals surface area contributed by atoms with Crippen molar-refractivity contribution in [2.24, 2.45) is 0 Å². The number of aryl methyl sites for hydroxylation is 1. The minimum absolute atomic E-state index is 0.600. The van der Waals surface area contributed by atoms with Crippen LogP contribution in [0, 0.1) is 13.8 Å². The standard InChI is InChI=1S/C20H29N3O3/c1-13-18(24-5)8-7-16(19(13)25-6)20-21-17(14(2)26-20)12-23-10-9-15(11-23)22(3)4/h7-8,15H,9-12H2,1-6H3. The highest BCUT2D eigenvalue weighted by Gasteiger charge is 2.26. The Bertz CT molecular complexity index is 770. The van der Waals surface area contributed by atoms with E-state index >= 15 is 0 Å². The van der Waals surface area contributed by atoms with E-state index in [1.54, 1.807) is 14.2 Å². The first-order valence-electron chi connectivity index (χ1n) is 9.01. The number of likely N-dealkylation sites (tertiary alicyclic amines) is 1. The number of hydrogen-bond acceptors (Lipinski definition) is 6. The molecule has 1 aliphatic rings. The lowest BCUT2D eigenvalue weighted by atomic mass is 10.1. The summed E-state index contributed by atoms with van der Waals surface area (Å²) in [6.07, 6.45) is 1.20. The fourth-order valence-corrected chi connectivity index (χ4v) is 3.61. The van der Waals surface area contributed by atoms with Gasteiger partial charge in [-0.25, -0.2) is 4.98 Å². The fraction of sp³-hybridized carbons (Fsp3) is 0.550. The Balaban J connectivity index is 1.84. The van der Waals surface area contributed by atoms with Gasteiger partial charge in [-0.3, -0.25) is 4.90 Å². The van der Waals surface area contributed by atoms with E-state index in [1.165, 1.54) is 6.42 Å². The van der Waals surface area contributed by atoms with Crippen molar-refractivity contribution in [1.82, 2.24) is 14.8 Å². The highest BCUT2D eigenvalue weighted by atomic mass is 16.5. The summed E-state index contributed by atoms with van der Waals surface area (Å²) in [5.74, 6) is 3.00. The van der Waals surface area contributed by atoms with Crippen LogP contribution in [0.2, 0.25) is 0 Å². The molecule has 0 aliphatic carbocycles. The molecule has 26 heavy (non-hydrogen) atoms. The first kappa shape index (κ1) is 18.7. The lowest BCUT2D eigenvalue weighted by molar-refractivity contribution is 0.262. The first-order chi connectivity index (χ1) is 12.4. The maximum absolute atomic E-state index is 5.99. The van der Waals surface area contributed by atoms with Crippen molar-refractivity contribution in [2.45, 2.75) is 32.9 Å². The van der Waals surface area contributed by atoms with Crippen molar-refractivity contribution in [3.63, 3.8) is 0 Å². The van der Waals surface area contributed by atoms with Gasteiger partial charge in [-0.05, 0) is 46.5 Å². The molecular weight excluding hydrogens is 330 g/mol. The molecule has 1 aliphatic heterocycles. The van der Waals surface area contributed by atoms with Crippen molar-refractivity contribution in [2.75, 3.05) is 41.4 Å². The van der Waals surface area contributed by atoms with Gasteiger partial charge in [0.25, 0.3) is 0 Å². The van der Waals surface area contributed by atoms with Crippen LogP contribution in [0.1, 0.15) is 23.4 Å². The summed E-state index contributed by atoms with van der Waals surface area (Å²) in [6, 6.07) is 4.48. The summed E-state index contributed by atoms with van der Waals surface area (Å²) < 4.78 is 17.0. The van der Waals surface area contributed by atoms with Gasteiger partial charge in [0.15, 0.2) is 0 Å². The average molecular weight is 359 g/mol. The number of benzene rings is 1. The van der Waals surface area contributed by atoms with Crippen molar-refractivity contribution in [3.8, 4) is 23.0 Å². The number of rotatable bonds is 6. The Labute approximate surface area is 155 Å². The largest absolute Gasteiger partial charge is 0.496 e. The third kappa shape index (κ3) is 3.57. The lowest BCUT2D eigenvalue weighted by Crippen LogP contribution is -2.31. The van der Waals surface area contributed by atoms with Gasteiger partial charge in [0.05, 0.1) is 25.5 Å². The molecule has 0 N–H and O–H groups in total. The van der Waals surface area contributed by atoms with Crippen molar-refractivity contribution >= 4 is 0 Å². The Morgan fingerprint density at radius 3 is 2.62 bits per heavy atom. The Morgan fingerprint density at radius 1 is 1.23 bits per heavy atom. The molecule has 0 amide bonds. The molecule has 6 heteroatoms. The van der Waals surface area contributed by atoms with Crippen LogP contribution in [0.4, 0.5) is 0 Å². The normalized spacial score (nSPS) is 17.9. The van der Waals surface area contributed by atoms with Gasteiger partial charge in [-0.15, -0.1) is 0 Å².